The lowest BCUT2D eigenvalue weighted by molar-refractivity contribution is -0.122. The van der Waals surface area contributed by atoms with E-state index in [1.165, 1.54) is 12.8 Å². The highest BCUT2D eigenvalue weighted by Crippen LogP contribution is 2.43. The number of amides is 1. The lowest BCUT2D eigenvalue weighted by atomic mass is 10.1. The van der Waals surface area contributed by atoms with Gasteiger partial charge in [-0.05, 0) is 24.7 Å². The van der Waals surface area contributed by atoms with Crippen molar-refractivity contribution in [2.75, 3.05) is 6.54 Å². The Labute approximate surface area is 79.4 Å². The summed E-state index contributed by atoms with van der Waals surface area (Å²) in [5.41, 5.74) is 5.94. The van der Waals surface area contributed by atoms with Crippen molar-refractivity contribution in [1.29, 1.82) is 0 Å². The zero-order valence-corrected chi connectivity index (χ0v) is 8.18. The molecule has 0 spiro atoms. The van der Waals surface area contributed by atoms with Gasteiger partial charge in [0.05, 0.1) is 6.04 Å². The molecule has 1 aliphatic carbocycles. The van der Waals surface area contributed by atoms with Gasteiger partial charge in [0.25, 0.3) is 0 Å². The van der Waals surface area contributed by atoms with Crippen molar-refractivity contribution >= 4 is 5.91 Å². The predicted molar refractivity (Wildman–Crippen MR) is 53.1 cm³/mol. The van der Waals surface area contributed by atoms with E-state index < -0.39 is 6.04 Å². The molecule has 0 saturated heterocycles. The van der Waals surface area contributed by atoms with Crippen LogP contribution in [-0.2, 0) is 4.79 Å². The van der Waals surface area contributed by atoms with Gasteiger partial charge < -0.3 is 11.1 Å². The summed E-state index contributed by atoms with van der Waals surface area (Å²) in [4.78, 5) is 11.3. The van der Waals surface area contributed by atoms with Crippen molar-refractivity contribution in [3.05, 3.63) is 12.7 Å². The highest BCUT2D eigenvalue weighted by molar-refractivity contribution is 5.81. The number of carbonyl (C=O) groups is 1. The maximum atomic E-state index is 11.3. The number of hydrogen-bond donors (Lipinski definition) is 2. The van der Waals surface area contributed by atoms with Gasteiger partial charge in [-0.3, -0.25) is 4.79 Å². The zero-order chi connectivity index (χ0) is 9.90. The van der Waals surface area contributed by atoms with E-state index in [2.05, 4.69) is 18.8 Å². The molecule has 0 aromatic heterocycles. The second kappa shape index (κ2) is 3.92. The molecular formula is C10H18N2O. The van der Waals surface area contributed by atoms with Crippen molar-refractivity contribution in [1.82, 2.24) is 5.32 Å². The van der Waals surface area contributed by atoms with Crippen LogP contribution in [0, 0.1) is 5.41 Å². The highest BCUT2D eigenvalue weighted by Gasteiger charge is 2.37. The molecule has 13 heavy (non-hydrogen) atoms. The van der Waals surface area contributed by atoms with E-state index >= 15 is 0 Å². The first-order chi connectivity index (χ1) is 6.07. The topological polar surface area (TPSA) is 55.1 Å². The van der Waals surface area contributed by atoms with E-state index in [0.29, 0.717) is 11.8 Å². The molecule has 74 valence electrons. The van der Waals surface area contributed by atoms with Gasteiger partial charge in [-0.25, -0.2) is 0 Å². The van der Waals surface area contributed by atoms with Crippen molar-refractivity contribution in [2.45, 2.75) is 32.2 Å². The summed E-state index contributed by atoms with van der Waals surface area (Å²) >= 11 is 0. The standard InChI is InChI=1S/C10H18N2O/c1-3-4-8(11)9(13)12-7-10(2)5-6-10/h3,8H,1,4-7,11H2,2H3,(H,12,13). The minimum Gasteiger partial charge on any atom is -0.354 e. The normalized spacial score (nSPS) is 20.5. The summed E-state index contributed by atoms with van der Waals surface area (Å²) in [6.07, 6.45) is 4.64. The SMILES string of the molecule is C=CCC(N)C(=O)NCC1(C)CC1. The van der Waals surface area contributed by atoms with Gasteiger partial charge in [0, 0.05) is 6.54 Å². The van der Waals surface area contributed by atoms with Crippen LogP contribution in [0.2, 0.25) is 0 Å². The van der Waals surface area contributed by atoms with E-state index in [0.717, 1.165) is 6.54 Å². The Hall–Kier alpha value is -0.830. The molecule has 0 aromatic rings. The zero-order valence-electron chi connectivity index (χ0n) is 8.18. The van der Waals surface area contributed by atoms with Crippen LogP contribution < -0.4 is 11.1 Å². The quantitative estimate of drug-likeness (QED) is 0.618. The Morgan fingerprint density at radius 1 is 1.77 bits per heavy atom. The van der Waals surface area contributed by atoms with Gasteiger partial charge in [-0.15, -0.1) is 6.58 Å². The van der Waals surface area contributed by atoms with Crippen molar-refractivity contribution < 1.29 is 4.79 Å². The minimum absolute atomic E-state index is 0.0620. The van der Waals surface area contributed by atoms with Crippen LogP contribution in [0.4, 0.5) is 0 Å². The van der Waals surface area contributed by atoms with Crippen molar-refractivity contribution in [2.24, 2.45) is 11.1 Å². The number of carbonyl (C=O) groups excluding carboxylic acids is 1. The molecule has 0 heterocycles. The Bertz CT molecular complexity index is 209. The Balaban J connectivity index is 2.20. The Morgan fingerprint density at radius 2 is 2.38 bits per heavy atom. The van der Waals surface area contributed by atoms with Gasteiger partial charge in [-0.1, -0.05) is 13.0 Å². The van der Waals surface area contributed by atoms with E-state index in [1.54, 1.807) is 6.08 Å². The smallest absolute Gasteiger partial charge is 0.237 e. The summed E-state index contributed by atoms with van der Waals surface area (Å²) in [5, 5.41) is 2.86. The van der Waals surface area contributed by atoms with Gasteiger partial charge in [0.1, 0.15) is 0 Å². The lowest BCUT2D eigenvalue weighted by Crippen LogP contribution is -2.42. The van der Waals surface area contributed by atoms with Gasteiger partial charge in [0.2, 0.25) is 5.91 Å². The molecule has 1 aliphatic rings. The number of hydrogen-bond acceptors (Lipinski definition) is 2. The second-order valence-corrected chi connectivity index (χ2v) is 4.16. The van der Waals surface area contributed by atoms with Crippen LogP contribution >= 0.6 is 0 Å². The van der Waals surface area contributed by atoms with Crippen molar-refractivity contribution in [3.8, 4) is 0 Å². The van der Waals surface area contributed by atoms with Crippen LogP contribution in [0.3, 0.4) is 0 Å². The summed E-state index contributed by atoms with van der Waals surface area (Å²) in [5.74, 6) is -0.0620. The molecular weight excluding hydrogens is 164 g/mol. The Kier molecular flexibility index (Phi) is 3.09. The van der Waals surface area contributed by atoms with Crippen LogP contribution in [0.25, 0.3) is 0 Å². The number of nitrogens with two attached hydrogens (primary N) is 1. The lowest BCUT2D eigenvalue weighted by Gasteiger charge is -2.13. The first kappa shape index (κ1) is 10.3. The summed E-state index contributed by atoms with van der Waals surface area (Å²) in [6, 6.07) is -0.431. The first-order valence-electron chi connectivity index (χ1n) is 4.72. The molecule has 0 radical (unpaired) electrons. The molecule has 0 aliphatic heterocycles. The molecule has 0 bridgehead atoms. The fourth-order valence-corrected chi connectivity index (χ4v) is 1.11. The first-order valence-corrected chi connectivity index (χ1v) is 4.72. The van der Waals surface area contributed by atoms with Crippen LogP contribution in [0.15, 0.2) is 12.7 Å². The number of nitrogens with one attached hydrogen (secondary N) is 1. The van der Waals surface area contributed by atoms with E-state index in [9.17, 15) is 4.79 Å². The van der Waals surface area contributed by atoms with Gasteiger partial charge in [-0.2, -0.15) is 0 Å². The van der Waals surface area contributed by atoms with E-state index in [4.69, 9.17) is 5.73 Å². The molecule has 1 amide bonds. The third-order valence-electron chi connectivity index (χ3n) is 2.55. The van der Waals surface area contributed by atoms with E-state index in [1.807, 2.05) is 0 Å². The maximum absolute atomic E-state index is 11.3. The fraction of sp³-hybridized carbons (Fsp3) is 0.700. The monoisotopic (exact) mass is 182 g/mol. The third kappa shape index (κ3) is 3.19. The molecule has 1 rings (SSSR count). The molecule has 0 aromatic carbocycles. The third-order valence-corrected chi connectivity index (χ3v) is 2.55. The average Bonchev–Trinajstić information content (AvgIpc) is 2.81. The second-order valence-electron chi connectivity index (χ2n) is 4.16. The van der Waals surface area contributed by atoms with Crippen molar-refractivity contribution in [3.63, 3.8) is 0 Å². The maximum Gasteiger partial charge on any atom is 0.237 e. The minimum atomic E-state index is -0.431. The molecule has 1 saturated carbocycles. The summed E-state index contributed by atoms with van der Waals surface area (Å²) in [6.45, 7) is 6.48. The average molecular weight is 182 g/mol. The summed E-state index contributed by atoms with van der Waals surface area (Å²) < 4.78 is 0. The van der Waals surface area contributed by atoms with Gasteiger partial charge >= 0.3 is 0 Å². The van der Waals surface area contributed by atoms with E-state index in [-0.39, 0.29) is 5.91 Å². The molecule has 3 N–H and O–H groups in total. The fourth-order valence-electron chi connectivity index (χ4n) is 1.11. The van der Waals surface area contributed by atoms with Crippen LogP contribution in [0.5, 0.6) is 0 Å². The predicted octanol–water partition coefficient (Wildman–Crippen LogP) is 0.806. The largest absolute Gasteiger partial charge is 0.354 e. The van der Waals surface area contributed by atoms with Crippen LogP contribution in [0.1, 0.15) is 26.2 Å². The highest BCUT2D eigenvalue weighted by atomic mass is 16.2. The van der Waals surface area contributed by atoms with Gasteiger partial charge in [0.15, 0.2) is 0 Å². The molecule has 1 atom stereocenters. The molecule has 1 fully saturated rings. The molecule has 3 heteroatoms. The Morgan fingerprint density at radius 3 is 2.85 bits per heavy atom. The molecule has 3 nitrogen and oxygen atoms in total. The van der Waals surface area contributed by atoms with Crippen LogP contribution in [-0.4, -0.2) is 18.5 Å². The summed E-state index contributed by atoms with van der Waals surface area (Å²) in [7, 11) is 0. The number of rotatable bonds is 5. The molecule has 1 unspecified atom stereocenters.